The lowest BCUT2D eigenvalue weighted by molar-refractivity contribution is -0.138. The Morgan fingerprint density at radius 1 is 0.384 bits per heavy atom. The third-order valence-corrected chi connectivity index (χ3v) is 31.1. The first kappa shape index (κ1) is 119. The maximum Gasteiger partial charge on any atom is 0.416 e. The summed E-state index contributed by atoms with van der Waals surface area (Å²) in [6, 6.07) is 60.0. The minimum Gasteiger partial charge on any atom is -0.497 e. The molecule has 0 spiro atoms. The number of hydrogen-bond donors (Lipinski definition) is 2. The number of sulfonamides is 4. The molecule has 146 heavy (non-hydrogen) atoms. The van der Waals surface area contributed by atoms with E-state index in [0.29, 0.717) is 85.8 Å². The molecule has 0 bridgehead atoms. The molecule has 4 atom stereocenters. The van der Waals surface area contributed by atoms with Crippen molar-refractivity contribution in [1.82, 2.24) is 46.3 Å². The number of rotatable bonds is 29. The smallest absolute Gasteiger partial charge is 0.416 e. The Bertz CT molecular complexity index is 7170. The van der Waals surface area contributed by atoms with Crippen LogP contribution in [0, 0.1) is 12.7 Å². The van der Waals surface area contributed by atoms with Gasteiger partial charge in [0.25, 0.3) is 0 Å². The van der Waals surface area contributed by atoms with Crippen molar-refractivity contribution in [3.05, 3.63) is 379 Å². The van der Waals surface area contributed by atoms with Gasteiger partial charge in [-0.15, -0.1) is 0 Å². The van der Waals surface area contributed by atoms with Gasteiger partial charge in [0, 0.05) is 102 Å². The van der Waals surface area contributed by atoms with Gasteiger partial charge in [0.15, 0.2) is 0 Å². The van der Waals surface area contributed by atoms with Crippen LogP contribution in [0.15, 0.2) is 309 Å². The van der Waals surface area contributed by atoms with Crippen molar-refractivity contribution >= 4 is 72.0 Å². The van der Waals surface area contributed by atoms with E-state index in [9.17, 15) is 90.7 Å². The molecule has 3 aromatic heterocycles. The second-order valence-electron chi connectivity index (χ2n) is 34.1. The van der Waals surface area contributed by atoms with Crippen molar-refractivity contribution in [2.24, 2.45) is 26.9 Å². The van der Waals surface area contributed by atoms with Crippen LogP contribution in [0.3, 0.4) is 0 Å². The van der Waals surface area contributed by atoms with E-state index in [-0.39, 0.29) is 74.9 Å². The molecule has 22 nitrogen and oxygen atoms in total. The van der Waals surface area contributed by atoms with E-state index in [1.165, 1.54) is 95.7 Å². The molecule has 11 aromatic carbocycles. The largest absolute Gasteiger partial charge is 0.497 e. The van der Waals surface area contributed by atoms with Gasteiger partial charge in [-0.3, -0.25) is 0 Å². The second-order valence-corrected chi connectivity index (χ2v) is 43.9. The standard InChI is InChI=1S/C29H30F3N3O3S.C25H25BrF3NO3S.C21H22F3N3O2S.C15H15BrFNO3S.C9H10F3N.C5H8N2.CH4/c1-20(22-6-5-7-24(15-22)29(30,31)32)14-23-10-13-26(16-27(23)28-18-34(2)19-33-28)39(36,37)35(3)17-21-8-11-25(38-4)12-9-21;1-17(19-5-4-6-21(14-19)25(27,28)29)13-20-9-12-23(15-24(20)26)34(31,32)30(2)16-18-7-10-22(33-3)11-8-18;1-14(15-5-4-6-17(10-15)21(22,23)24)9-16-7-8-18(30(28,29)25-2)11-19(16)20-12-27(3)13-26-20;1-18(10-11-3-5-12(21-2)6-4-11)22(19,20)13-7-8-15(17)14(16)9-13;1-6(13)7-3-2-4-8(5-7)9(10,11)12;1-5-3-7(2)4-6-5;/h5-13,15-16,18-20H,14,17H2,1-4H3;4-12,14-15,17H,13,16H2,1-3H3;4-8,10-14,25H,9H2,1-3H3;3-9H,10H2,1-2H3;2-6H,13H2,1H3;3-4H,1-2H3;1H4/t20-;17-;14-;;6-;;/m000.1../s1. The van der Waals surface area contributed by atoms with E-state index in [4.69, 9.17) is 19.9 Å². The van der Waals surface area contributed by atoms with Crippen LogP contribution in [0.2, 0.25) is 0 Å². The van der Waals surface area contributed by atoms with Crippen LogP contribution in [0.1, 0.15) is 142 Å². The molecule has 784 valence electrons. The summed E-state index contributed by atoms with van der Waals surface area (Å²) >= 11 is 6.44. The van der Waals surface area contributed by atoms with E-state index in [2.05, 4.69) is 51.5 Å². The van der Waals surface area contributed by atoms with Gasteiger partial charge >= 0.3 is 24.7 Å². The molecular formula is C105H114Br2F13N11O11S4. The summed E-state index contributed by atoms with van der Waals surface area (Å²) in [5.41, 5.74) is 13.3. The zero-order valence-corrected chi connectivity index (χ0v) is 87.9. The number of nitrogens with zero attached hydrogens (tertiary/aromatic N) is 9. The molecule has 3 heterocycles. The number of halogens is 15. The van der Waals surface area contributed by atoms with Gasteiger partial charge in [-0.1, -0.05) is 165 Å². The zero-order valence-electron chi connectivity index (χ0n) is 81.5. The molecule has 0 radical (unpaired) electrons. The number of hydrogen-bond acceptors (Lipinski definition) is 15. The average molecular weight is 2240 g/mol. The number of methoxy groups -OCH3 is 3. The number of alkyl halides is 12. The summed E-state index contributed by atoms with van der Waals surface area (Å²) in [6.45, 7) is 9.73. The summed E-state index contributed by atoms with van der Waals surface area (Å²) < 4.78 is 298. The average Bonchev–Trinajstić information content (AvgIpc) is 1.47. The highest BCUT2D eigenvalue weighted by Crippen LogP contribution is 2.41. The van der Waals surface area contributed by atoms with Gasteiger partial charge in [-0.05, 0) is 251 Å². The van der Waals surface area contributed by atoms with Crippen LogP contribution in [0.5, 0.6) is 17.2 Å². The Kier molecular flexibility index (Phi) is 42.2. The van der Waals surface area contributed by atoms with Gasteiger partial charge in [0.05, 0.1) is 104 Å². The number of nitrogens with two attached hydrogens (primary N) is 1. The van der Waals surface area contributed by atoms with Gasteiger partial charge in [0.2, 0.25) is 40.1 Å². The fourth-order valence-electron chi connectivity index (χ4n) is 14.7. The zero-order chi connectivity index (χ0) is 107. The molecule has 0 amide bonds. The van der Waals surface area contributed by atoms with E-state index in [0.717, 1.165) is 93.7 Å². The number of ether oxygens (including phenoxy) is 3. The highest BCUT2D eigenvalue weighted by Gasteiger charge is 2.36. The summed E-state index contributed by atoms with van der Waals surface area (Å²) in [5.74, 6) is 0.899. The summed E-state index contributed by atoms with van der Waals surface area (Å²) in [4.78, 5) is 13.1. The summed E-state index contributed by atoms with van der Waals surface area (Å²) in [5, 5.41) is 0. The van der Waals surface area contributed by atoms with Crippen molar-refractivity contribution < 1.29 is 105 Å². The Balaban J connectivity index is 0.000000225. The Labute approximate surface area is 861 Å². The first-order valence-corrected chi connectivity index (χ1v) is 51.8. The van der Waals surface area contributed by atoms with Crippen molar-refractivity contribution in [3.63, 3.8) is 0 Å². The number of aromatic nitrogens is 6. The van der Waals surface area contributed by atoms with Crippen LogP contribution >= 0.6 is 31.9 Å². The molecular weight excluding hydrogens is 2130 g/mol. The minimum absolute atomic E-state index is 0. The van der Waals surface area contributed by atoms with Crippen LogP contribution < -0.4 is 24.7 Å². The van der Waals surface area contributed by atoms with Crippen LogP contribution in [0.25, 0.3) is 22.5 Å². The normalized spacial score (nSPS) is 12.8. The molecule has 3 N–H and O–H groups in total. The maximum atomic E-state index is 13.5. The number of imidazole rings is 3. The molecule has 14 rings (SSSR count). The molecule has 0 fully saturated rings. The molecule has 0 saturated carbocycles. The van der Waals surface area contributed by atoms with Gasteiger partial charge < -0.3 is 33.6 Å². The van der Waals surface area contributed by atoms with Gasteiger partial charge in [-0.2, -0.15) is 65.6 Å². The lowest BCUT2D eigenvalue weighted by Crippen LogP contribution is -2.26. The first-order chi connectivity index (χ1) is 67.8. The highest BCUT2D eigenvalue weighted by atomic mass is 79.9. The first-order valence-electron chi connectivity index (χ1n) is 44.4. The number of nitrogens with one attached hydrogen (secondary N) is 1. The molecule has 14 aromatic rings. The van der Waals surface area contributed by atoms with Crippen molar-refractivity contribution in [1.29, 1.82) is 0 Å². The van der Waals surface area contributed by atoms with E-state index in [1.54, 1.807) is 197 Å². The maximum absolute atomic E-state index is 13.5. The Hall–Kier alpha value is -11.9. The molecule has 0 aliphatic rings. The van der Waals surface area contributed by atoms with E-state index < -0.39 is 92.9 Å². The predicted molar refractivity (Wildman–Crippen MR) is 546 cm³/mol. The Morgan fingerprint density at radius 2 is 0.671 bits per heavy atom. The predicted octanol–water partition coefficient (Wildman–Crippen LogP) is 24.8. The monoisotopic (exact) mass is 2240 g/mol. The molecule has 0 saturated heterocycles. The summed E-state index contributed by atoms with van der Waals surface area (Å²) in [6.07, 6.45) is -5.72. The third kappa shape index (κ3) is 33.6. The number of aryl methyl sites for hydroxylation is 4. The summed E-state index contributed by atoms with van der Waals surface area (Å²) in [7, 11) is 1.17. The molecule has 0 aliphatic carbocycles. The number of benzene rings is 11. The Morgan fingerprint density at radius 3 is 0.952 bits per heavy atom. The molecule has 0 unspecified atom stereocenters. The molecule has 0 aliphatic heterocycles. The van der Waals surface area contributed by atoms with Crippen molar-refractivity contribution in [2.75, 3.05) is 49.5 Å². The fraction of sp³-hybridized carbons (Fsp3) is 0.286. The lowest BCUT2D eigenvalue weighted by Gasteiger charge is -2.20. The minimum atomic E-state index is -4.43. The fourth-order valence-corrected chi connectivity index (χ4v) is 20.2. The third-order valence-electron chi connectivity index (χ3n) is 22.9. The second kappa shape index (κ2) is 51.6. The van der Waals surface area contributed by atoms with Crippen LogP contribution in [-0.2, 0) is 125 Å². The van der Waals surface area contributed by atoms with Crippen molar-refractivity contribution in [2.45, 2.75) is 149 Å². The SMILES string of the molecule is C.CNS(=O)(=O)c1ccc(C[C@H](C)c2cccc(C(F)(F)F)c2)c(-c2cn(C)cn2)c1.COc1ccc(CN(C)S(=O)(=O)c2ccc(C[C@H](C)c3cccc(C(F)(F)F)c3)c(-c3cn(C)cn3)c2)cc1.COc1ccc(CN(C)S(=O)(=O)c2ccc(C[C@H](C)c3cccc(C(F)(F)F)c3)c(Br)c2)cc1.COc1ccc(CN(C)S(=O)(=O)c2ccc(F)c(Br)c2)cc1.C[C@@H](N)c1cccc(C(F)(F)F)c1.Cc1cn(C)cn1. The van der Waals surface area contributed by atoms with E-state index in [1.807, 2.05) is 64.7 Å². The molecule has 41 heteroatoms. The highest BCUT2D eigenvalue weighted by molar-refractivity contribution is 9.10. The van der Waals surface area contributed by atoms with Crippen LogP contribution in [0.4, 0.5) is 57.1 Å². The quantitative estimate of drug-likeness (QED) is 0.0413. The van der Waals surface area contributed by atoms with Gasteiger partial charge in [-0.25, -0.2) is 57.7 Å². The topological polar surface area (TPSA) is 265 Å². The van der Waals surface area contributed by atoms with Gasteiger partial charge in [0.1, 0.15) is 23.1 Å². The van der Waals surface area contributed by atoms with Crippen LogP contribution in [-0.4, -0.2) is 125 Å². The van der Waals surface area contributed by atoms with Crippen molar-refractivity contribution in [3.8, 4) is 39.8 Å². The lowest BCUT2D eigenvalue weighted by atomic mass is 9.90. The van der Waals surface area contributed by atoms with E-state index >= 15 is 0 Å².